The third-order valence-electron chi connectivity index (χ3n) is 1.22. The standard InChI is InChI=1S/C9H10S/c10-8-4-7-9-5-2-1-3-6-9/h1-7,10H,8H2/b7-4-. The van der Waals surface area contributed by atoms with E-state index in [0.717, 1.165) is 5.75 Å². The summed E-state index contributed by atoms with van der Waals surface area (Å²) in [6.45, 7) is 0. The predicted octanol–water partition coefficient (Wildman–Crippen LogP) is 2.63. The highest BCUT2D eigenvalue weighted by Gasteiger charge is 1.79. The van der Waals surface area contributed by atoms with Gasteiger partial charge in [-0.25, -0.2) is 0 Å². The second-order valence-corrected chi connectivity index (χ2v) is 2.36. The normalized spacial score (nSPS) is 10.5. The summed E-state index contributed by atoms with van der Waals surface area (Å²) < 4.78 is 0. The van der Waals surface area contributed by atoms with E-state index >= 15 is 0 Å². The smallest absolute Gasteiger partial charge is 0.00858 e. The van der Waals surface area contributed by atoms with E-state index in [1.165, 1.54) is 5.56 Å². The van der Waals surface area contributed by atoms with Crippen molar-refractivity contribution in [3.63, 3.8) is 0 Å². The lowest BCUT2D eigenvalue weighted by Gasteiger charge is -1.88. The van der Waals surface area contributed by atoms with Gasteiger partial charge in [0.05, 0.1) is 0 Å². The molecule has 0 bridgehead atoms. The molecule has 0 N–H and O–H groups in total. The summed E-state index contributed by atoms with van der Waals surface area (Å²) in [5.74, 6) is 0.800. The second-order valence-electron chi connectivity index (χ2n) is 2.00. The Morgan fingerprint density at radius 3 is 2.50 bits per heavy atom. The molecular weight excluding hydrogens is 140 g/mol. The molecule has 0 amide bonds. The first-order valence-electron chi connectivity index (χ1n) is 3.26. The minimum Gasteiger partial charge on any atom is -0.175 e. The Hall–Kier alpha value is -0.690. The molecule has 52 valence electrons. The molecule has 0 fully saturated rings. The van der Waals surface area contributed by atoms with Crippen molar-refractivity contribution in [2.45, 2.75) is 0 Å². The fourth-order valence-corrected chi connectivity index (χ4v) is 0.858. The van der Waals surface area contributed by atoms with E-state index in [-0.39, 0.29) is 0 Å². The highest BCUT2D eigenvalue weighted by atomic mass is 32.1. The molecule has 0 nitrogen and oxygen atoms in total. The average Bonchev–Trinajstić information content (AvgIpc) is 2.03. The molecule has 0 atom stereocenters. The van der Waals surface area contributed by atoms with Gasteiger partial charge in [-0.1, -0.05) is 42.5 Å². The van der Waals surface area contributed by atoms with Gasteiger partial charge < -0.3 is 0 Å². The molecule has 0 unspecified atom stereocenters. The number of thiol groups is 1. The van der Waals surface area contributed by atoms with Crippen LogP contribution in [0.1, 0.15) is 5.56 Å². The minimum absolute atomic E-state index is 0.800. The molecule has 0 aliphatic carbocycles. The van der Waals surface area contributed by atoms with Crippen LogP contribution in [0.4, 0.5) is 0 Å². The maximum absolute atomic E-state index is 4.06. The zero-order valence-electron chi connectivity index (χ0n) is 5.70. The Balaban J connectivity index is 2.67. The van der Waals surface area contributed by atoms with Gasteiger partial charge in [-0.3, -0.25) is 0 Å². The van der Waals surface area contributed by atoms with Crippen LogP contribution in [0, 0.1) is 0 Å². The van der Waals surface area contributed by atoms with Crippen molar-refractivity contribution >= 4 is 18.7 Å². The molecule has 0 heterocycles. The Morgan fingerprint density at radius 1 is 1.20 bits per heavy atom. The second kappa shape index (κ2) is 4.18. The van der Waals surface area contributed by atoms with Gasteiger partial charge in [0.25, 0.3) is 0 Å². The molecule has 0 saturated carbocycles. The zero-order chi connectivity index (χ0) is 7.23. The predicted molar refractivity (Wildman–Crippen MR) is 49.3 cm³/mol. The van der Waals surface area contributed by atoms with Crippen LogP contribution in [0.25, 0.3) is 6.08 Å². The van der Waals surface area contributed by atoms with E-state index < -0.39 is 0 Å². The molecule has 1 aromatic carbocycles. The maximum atomic E-state index is 4.06. The fourth-order valence-electron chi connectivity index (χ4n) is 0.753. The van der Waals surface area contributed by atoms with Gasteiger partial charge in [0.2, 0.25) is 0 Å². The molecule has 0 aliphatic heterocycles. The van der Waals surface area contributed by atoms with Gasteiger partial charge in [0.1, 0.15) is 0 Å². The molecule has 0 saturated heterocycles. The Labute approximate surface area is 67.0 Å². The molecule has 10 heavy (non-hydrogen) atoms. The fraction of sp³-hybridized carbons (Fsp3) is 0.111. The first-order valence-corrected chi connectivity index (χ1v) is 3.89. The average molecular weight is 150 g/mol. The first kappa shape index (κ1) is 7.42. The van der Waals surface area contributed by atoms with E-state index in [9.17, 15) is 0 Å². The van der Waals surface area contributed by atoms with Crippen LogP contribution in [-0.2, 0) is 0 Å². The van der Waals surface area contributed by atoms with Crippen molar-refractivity contribution < 1.29 is 0 Å². The number of rotatable bonds is 2. The molecule has 1 heteroatoms. The van der Waals surface area contributed by atoms with Crippen molar-refractivity contribution in [3.8, 4) is 0 Å². The minimum atomic E-state index is 0.800. The van der Waals surface area contributed by atoms with Gasteiger partial charge in [-0.2, -0.15) is 12.6 Å². The highest BCUT2D eigenvalue weighted by Crippen LogP contribution is 2.00. The van der Waals surface area contributed by atoms with Crippen molar-refractivity contribution in [2.75, 3.05) is 5.75 Å². The molecule has 1 rings (SSSR count). The summed E-state index contributed by atoms with van der Waals surface area (Å²) in [6.07, 6.45) is 4.09. The number of hydrogen-bond donors (Lipinski definition) is 1. The largest absolute Gasteiger partial charge is 0.175 e. The lowest BCUT2D eigenvalue weighted by molar-refractivity contribution is 1.65. The number of benzene rings is 1. The van der Waals surface area contributed by atoms with Gasteiger partial charge in [0, 0.05) is 5.75 Å². The van der Waals surface area contributed by atoms with E-state index in [4.69, 9.17) is 0 Å². The molecule has 0 radical (unpaired) electrons. The zero-order valence-corrected chi connectivity index (χ0v) is 6.59. The summed E-state index contributed by atoms with van der Waals surface area (Å²) in [7, 11) is 0. The van der Waals surface area contributed by atoms with Crippen LogP contribution >= 0.6 is 12.6 Å². The topological polar surface area (TPSA) is 0 Å². The van der Waals surface area contributed by atoms with Gasteiger partial charge in [-0.15, -0.1) is 0 Å². The van der Waals surface area contributed by atoms with E-state index in [1.54, 1.807) is 0 Å². The summed E-state index contributed by atoms with van der Waals surface area (Å²) >= 11 is 4.06. The quantitative estimate of drug-likeness (QED) is 0.615. The van der Waals surface area contributed by atoms with Crippen LogP contribution in [0.2, 0.25) is 0 Å². The Kier molecular flexibility index (Phi) is 3.10. The SMILES string of the molecule is SC/C=C\c1ccccc1. The van der Waals surface area contributed by atoms with Gasteiger partial charge in [0.15, 0.2) is 0 Å². The van der Waals surface area contributed by atoms with Gasteiger partial charge in [-0.05, 0) is 5.56 Å². The van der Waals surface area contributed by atoms with Crippen LogP contribution in [0.15, 0.2) is 36.4 Å². The summed E-state index contributed by atoms with van der Waals surface area (Å²) in [5, 5.41) is 0. The van der Waals surface area contributed by atoms with Crippen molar-refractivity contribution in [3.05, 3.63) is 42.0 Å². The van der Waals surface area contributed by atoms with Crippen molar-refractivity contribution in [1.82, 2.24) is 0 Å². The molecule has 0 aliphatic rings. The molecule has 1 aromatic rings. The first-order chi connectivity index (χ1) is 4.93. The molecular formula is C9H10S. The Bertz CT molecular complexity index is 201. The van der Waals surface area contributed by atoms with Crippen LogP contribution in [0.3, 0.4) is 0 Å². The van der Waals surface area contributed by atoms with Crippen LogP contribution < -0.4 is 0 Å². The van der Waals surface area contributed by atoms with Gasteiger partial charge >= 0.3 is 0 Å². The third kappa shape index (κ3) is 2.28. The lowest BCUT2D eigenvalue weighted by Crippen LogP contribution is -1.68. The van der Waals surface area contributed by atoms with Crippen LogP contribution in [0.5, 0.6) is 0 Å². The molecule has 0 aromatic heterocycles. The Morgan fingerprint density at radius 2 is 1.90 bits per heavy atom. The third-order valence-corrected chi connectivity index (χ3v) is 1.43. The van der Waals surface area contributed by atoms with Crippen molar-refractivity contribution in [1.29, 1.82) is 0 Å². The van der Waals surface area contributed by atoms with E-state index in [0.29, 0.717) is 0 Å². The van der Waals surface area contributed by atoms with Crippen molar-refractivity contribution in [2.24, 2.45) is 0 Å². The lowest BCUT2D eigenvalue weighted by atomic mass is 10.2. The highest BCUT2D eigenvalue weighted by molar-refractivity contribution is 7.80. The summed E-state index contributed by atoms with van der Waals surface area (Å²) in [4.78, 5) is 0. The van der Waals surface area contributed by atoms with Crippen LogP contribution in [-0.4, -0.2) is 5.75 Å². The monoisotopic (exact) mass is 150 g/mol. The summed E-state index contributed by atoms with van der Waals surface area (Å²) in [5.41, 5.74) is 1.23. The number of hydrogen-bond acceptors (Lipinski definition) is 1. The van der Waals surface area contributed by atoms with E-state index in [1.807, 2.05) is 24.3 Å². The van der Waals surface area contributed by atoms with E-state index in [2.05, 4.69) is 30.8 Å². The molecule has 0 spiro atoms. The summed E-state index contributed by atoms with van der Waals surface area (Å²) in [6, 6.07) is 10.2. The maximum Gasteiger partial charge on any atom is 0.00858 e.